The Balaban J connectivity index is 0.000000172. The largest absolute Gasteiger partial charge is 0.485 e. The first-order valence-electron chi connectivity index (χ1n) is 47.1. The van der Waals surface area contributed by atoms with E-state index >= 15 is 0 Å². The third kappa shape index (κ3) is 22.1. The first-order chi connectivity index (χ1) is 65.8. The molecule has 0 bridgehead atoms. The molecule has 0 saturated carbocycles. The predicted molar refractivity (Wildman–Crippen MR) is 575 cm³/mol. The topological polar surface area (TPSA) is 206 Å². The number of hydrogen-bond acceptors (Lipinski definition) is 0. The van der Waals surface area contributed by atoms with E-state index in [1.54, 1.807) is 20.8 Å². The standard InChI is InChI=1S/C36H32N2.C32H30N2.C26H26N2.C18H14N2.C5H10O2.3C2H4O2.4Ir/c1-35(2)28-14-8-9-15-29(28)36(3,4)31-22-24(18-20-30(31)35)25-19-21-32(27-13-7-6-12-26(25)27)38-23-37(5)33-16-10-11-17-34(33)38;1-31(2)25-10-6-7-11-26(25)32(3,4)28-20-23(16-19-27(28)31)22-14-17-24(18-15-22)34-21-33(5)29-12-8-9-13-30(29)34;1-25(2)19-10-6-7-11-20(19)26(3,4)22-16-18(14-15-21(22)25)28-17-27(5)23-12-8-9-13-24(23)28;1-19-13-20(16-9-3-2-4-10-16)18-12-15-8-6-5-7-14(15)11-17(18)19;1-5(2,3)4(6)7;3*1-2(3)4;;;;/h6-20,22-23H,1-5H3;6-17,19-21H,1-5H3;6-13,15-17H,1-5H3;2-9,11-13H,1H3;1-3H3,(H,6,7);3*1H3,(H,3,4);;;;/p+4. The monoisotopic (exact) mass is 2620 g/mol. The fraction of sp³-hybridized carbons (Fsp3) is 0.236. The number of carboxylic acids is 4. The third-order valence-corrected chi connectivity index (χ3v) is 27.7. The molecular weight excluding hydrogens is 2490 g/mol. The molecule has 19 aromatic rings. The average Bonchev–Trinajstić information content (AvgIpc) is 1.51. The molecule has 4 radical (unpaired) electrons. The molecule has 15 aromatic carbocycles. The zero-order chi connectivity index (χ0) is 99.9. The second-order valence-corrected chi connectivity index (χ2v) is 40.6. The van der Waals surface area contributed by atoms with Gasteiger partial charge in [-0.15, -0.1) is 64.0 Å². The number of aryl methyl sites for hydroxylation is 4. The minimum atomic E-state index is -0.583. The van der Waals surface area contributed by atoms with Crippen LogP contribution in [0.3, 0.4) is 0 Å². The van der Waals surface area contributed by atoms with Crippen LogP contribution in [0.2, 0.25) is 0 Å². The second-order valence-electron chi connectivity index (χ2n) is 40.6. The Kier molecular flexibility index (Phi) is 34.2. The minimum absolute atomic E-state index is 0. The van der Waals surface area contributed by atoms with Gasteiger partial charge in [-0.3, -0.25) is 0 Å². The number of imidazole rings is 4. The van der Waals surface area contributed by atoms with Crippen molar-refractivity contribution in [1.82, 2.24) is 36.5 Å². The third-order valence-electron chi connectivity index (χ3n) is 27.7. The number of para-hydroxylation sites is 7. The van der Waals surface area contributed by atoms with E-state index in [9.17, 15) is 0 Å². The van der Waals surface area contributed by atoms with Gasteiger partial charge in [-0.05, 0) is 134 Å². The van der Waals surface area contributed by atoms with Crippen molar-refractivity contribution in [2.75, 3.05) is 0 Å². The summed E-state index contributed by atoms with van der Waals surface area (Å²) in [5.41, 5.74) is 35.1. The number of rotatable bonds is 6. The second kappa shape index (κ2) is 44.2. The van der Waals surface area contributed by atoms with Crippen LogP contribution in [0.5, 0.6) is 0 Å². The molecule has 0 aliphatic heterocycles. The van der Waals surface area contributed by atoms with E-state index in [4.69, 9.17) is 39.6 Å². The fourth-order valence-corrected chi connectivity index (χ4v) is 20.3. The van der Waals surface area contributed by atoms with Crippen molar-refractivity contribution < 1.29 is 120 Å². The molecule has 20 heteroatoms. The van der Waals surface area contributed by atoms with Gasteiger partial charge < -0.3 is 39.6 Å². The molecule has 4 aromatic heterocycles. The average molecular weight is 2620 g/mol. The molecule has 0 unspecified atom stereocenters. The quantitative estimate of drug-likeness (QED) is 0.0947. The molecule has 3 aliphatic rings. The van der Waals surface area contributed by atoms with Crippen molar-refractivity contribution in [2.45, 2.75) is 157 Å². The van der Waals surface area contributed by atoms with Gasteiger partial charge in [0.25, 0.3) is 0 Å². The van der Waals surface area contributed by atoms with Crippen molar-refractivity contribution >= 4 is 89.6 Å². The minimum Gasteiger partial charge on any atom is -0.339 e. The molecule has 0 amide bonds. The summed E-state index contributed by atoms with van der Waals surface area (Å²) >= 11 is 0. The van der Waals surface area contributed by atoms with Crippen molar-refractivity contribution in [3.05, 3.63) is 420 Å². The summed E-state index contributed by atoms with van der Waals surface area (Å²) in [6.07, 6.45) is 8.54. The Morgan fingerprint density at radius 1 is 0.273 bits per heavy atom. The zero-order valence-electron chi connectivity index (χ0n) is 85.2. The number of nitrogens with zero attached hydrogens (tertiary/aromatic N) is 8. The number of aromatic nitrogens is 8. The van der Waals surface area contributed by atoms with Gasteiger partial charge in [-0.2, -0.15) is 47.0 Å². The molecule has 0 atom stereocenters. The number of benzene rings is 15. The summed E-state index contributed by atoms with van der Waals surface area (Å²) in [7, 11) is 8.36. The van der Waals surface area contributed by atoms with Crippen LogP contribution in [0.4, 0.5) is 0 Å². The molecule has 8 N–H and O–H groups in total. The number of aliphatic carboxylic acids is 4. The van der Waals surface area contributed by atoms with E-state index in [1.807, 2.05) is 18.2 Å². The molecule has 3 aliphatic carbocycles. The van der Waals surface area contributed by atoms with E-state index in [1.165, 1.54) is 175 Å². The summed E-state index contributed by atoms with van der Waals surface area (Å²) in [6, 6.07) is 124. The van der Waals surface area contributed by atoms with Crippen LogP contribution in [0.15, 0.2) is 329 Å². The van der Waals surface area contributed by atoms with Gasteiger partial charge in [-0.1, -0.05) is 263 Å². The van der Waals surface area contributed by atoms with E-state index in [2.05, 4.69) is 483 Å². The molecule has 16 nitrogen and oxygen atoms in total. The molecule has 0 saturated heterocycles. The molecule has 0 fully saturated rings. The Morgan fingerprint density at radius 3 is 0.986 bits per heavy atom. The number of hydrogen-bond donors (Lipinski definition) is 4. The SMILES string of the molecule is CC(C)(C)C(O)=[OH+].CC(O)=[OH+].CC(O)=[OH+].CC(O)=[OH+].Cn1[cH+]n(-c2[c-]cc(-c3ccc4c(c3)C(C)(C)c3ccccc3C4(C)C)c3ccccc23)c2ccccc21.Cn1[cH+]n(-c2[c-]cc(-c3ccc4c(c3)C(C)(C)c3ccccc3C4(C)C)cc2)c2ccccc21.Cn1[cH+]n(-c2[c-]cc3c(c2)C(C)(C)c2ccccc2C3(C)C)c2ccccc21.Cn1[cH+]n(-c2[c-]cccc2)c2cc3ccccc3cc21.[Ir].[Ir].[Ir].[Ir]. The van der Waals surface area contributed by atoms with Gasteiger partial charge in [0.05, 0.1) is 20.8 Å². The summed E-state index contributed by atoms with van der Waals surface area (Å²) in [5.74, 6) is -2.26. The van der Waals surface area contributed by atoms with Gasteiger partial charge in [0.15, 0.2) is 69.4 Å². The van der Waals surface area contributed by atoms with Gasteiger partial charge in [-0.25, -0.2) is 32.0 Å². The van der Waals surface area contributed by atoms with Crippen molar-refractivity contribution in [1.29, 1.82) is 0 Å². The zero-order valence-corrected chi connectivity index (χ0v) is 94.7. The molecular formula is C123H128Ir4N8O8+4. The van der Waals surface area contributed by atoms with E-state index in [0.29, 0.717) is 0 Å². The van der Waals surface area contributed by atoms with Crippen LogP contribution >= 0.6 is 0 Å². The first-order valence-corrected chi connectivity index (χ1v) is 47.1. The van der Waals surface area contributed by atoms with Gasteiger partial charge in [0.2, 0.25) is 0 Å². The van der Waals surface area contributed by atoms with E-state index in [-0.39, 0.29) is 113 Å². The van der Waals surface area contributed by atoms with Crippen molar-refractivity contribution in [2.24, 2.45) is 33.6 Å². The smallest absolute Gasteiger partial charge is 0.339 e. The molecule has 143 heavy (non-hydrogen) atoms. The molecule has 740 valence electrons. The van der Waals surface area contributed by atoms with Gasteiger partial charge in [0.1, 0.15) is 5.41 Å². The number of carboxylic acid groups (broad SMARTS) is 4. The van der Waals surface area contributed by atoms with Gasteiger partial charge >= 0.3 is 23.9 Å². The van der Waals surface area contributed by atoms with Crippen LogP contribution in [0.1, 0.15) is 191 Å². The normalized spacial score (nSPS) is 13.7. The van der Waals surface area contributed by atoms with Crippen LogP contribution in [0, 0.1) is 29.7 Å². The molecule has 22 rings (SSSR count). The van der Waals surface area contributed by atoms with Crippen LogP contribution in [-0.4, -0.2) is 100 Å². The number of aliphatic hydroxyl groups excluding tert-OH is 4. The fourth-order valence-electron chi connectivity index (χ4n) is 20.3. The summed E-state index contributed by atoms with van der Waals surface area (Å²) in [6.45, 7) is 37.0. The summed E-state index contributed by atoms with van der Waals surface area (Å²) < 4.78 is 17.6. The van der Waals surface area contributed by atoms with Gasteiger partial charge in [0, 0.05) is 202 Å². The maximum Gasteiger partial charge on any atom is 0.485 e. The molecule has 4 heterocycles. The van der Waals surface area contributed by atoms with Crippen LogP contribution < -0.4 is 0 Å². The molecule has 0 spiro atoms. The Morgan fingerprint density at radius 2 is 0.573 bits per heavy atom. The van der Waals surface area contributed by atoms with Crippen molar-refractivity contribution in [3.8, 4) is 45.0 Å². The van der Waals surface area contributed by atoms with E-state index in [0.717, 1.165) is 22.7 Å². The first kappa shape index (κ1) is 111. The maximum atomic E-state index is 8.36. The summed E-state index contributed by atoms with van der Waals surface area (Å²) in [5, 5.41) is 35.9. The van der Waals surface area contributed by atoms with Crippen LogP contribution in [-0.2, 0) is 141 Å². The Hall–Kier alpha value is -12.8. The van der Waals surface area contributed by atoms with E-state index < -0.39 is 29.3 Å². The van der Waals surface area contributed by atoms with Crippen LogP contribution in [0.25, 0.3) is 111 Å². The maximum absolute atomic E-state index is 8.36. The predicted octanol–water partition coefficient (Wildman–Crippen LogP) is 28.0. The Bertz CT molecular complexity index is 7890. The Labute approximate surface area is 893 Å². The summed E-state index contributed by atoms with van der Waals surface area (Å²) in [4.78, 5) is 30.9. The number of fused-ring (bicyclic) bond motifs is 12. The van der Waals surface area contributed by atoms with Crippen molar-refractivity contribution in [3.63, 3.8) is 0 Å².